The number of nitrogens with zero attached hydrogens (tertiary/aromatic N) is 1. The summed E-state index contributed by atoms with van der Waals surface area (Å²) in [4.78, 5) is 11.6. The lowest BCUT2D eigenvalue weighted by atomic mass is 10.1. The van der Waals surface area contributed by atoms with Crippen LogP contribution >= 0.6 is 0 Å². The Balaban J connectivity index is 2.19. The van der Waals surface area contributed by atoms with Gasteiger partial charge in [0, 0.05) is 32.6 Å². The summed E-state index contributed by atoms with van der Waals surface area (Å²) in [5.74, 6) is -1.12. The van der Waals surface area contributed by atoms with E-state index in [4.69, 9.17) is 4.74 Å². The Morgan fingerprint density at radius 3 is 2.54 bits per heavy atom. The van der Waals surface area contributed by atoms with Crippen molar-refractivity contribution in [1.29, 1.82) is 0 Å². The summed E-state index contributed by atoms with van der Waals surface area (Å²) < 4.78 is 58.3. The van der Waals surface area contributed by atoms with Crippen LogP contribution in [0.15, 0.2) is 29.2 Å². The molecule has 2 atom stereocenters. The van der Waals surface area contributed by atoms with Gasteiger partial charge >= 0.3 is 0 Å². The zero-order valence-corrected chi connectivity index (χ0v) is 16.4. The highest BCUT2D eigenvalue weighted by atomic mass is 32.2. The molecule has 1 aliphatic heterocycles. The molecule has 26 heavy (non-hydrogen) atoms. The standard InChI is InChI=1S/C15H23N3O6S2/c1-16-15(19)11-5-4-6-13(7-11)26(22,23)17-14-9-24-8-12(14)10-25(20,21)18(2)3/h4-7,12,14,17H,8-10H2,1-3H3,(H,16,19)/t12-,14+/m0/s1. The van der Waals surface area contributed by atoms with Gasteiger partial charge in [-0.05, 0) is 18.2 Å². The molecular formula is C15H23N3O6S2. The fourth-order valence-electron chi connectivity index (χ4n) is 2.53. The summed E-state index contributed by atoms with van der Waals surface area (Å²) in [5, 5.41) is 2.43. The normalized spacial score (nSPS) is 21.1. The van der Waals surface area contributed by atoms with Crippen LogP contribution in [0, 0.1) is 5.92 Å². The largest absolute Gasteiger partial charge is 0.379 e. The highest BCUT2D eigenvalue weighted by Gasteiger charge is 2.36. The number of benzene rings is 1. The summed E-state index contributed by atoms with van der Waals surface area (Å²) >= 11 is 0. The monoisotopic (exact) mass is 405 g/mol. The van der Waals surface area contributed by atoms with Gasteiger partial charge < -0.3 is 10.1 Å². The molecule has 0 bridgehead atoms. The van der Waals surface area contributed by atoms with E-state index in [0.29, 0.717) is 0 Å². The van der Waals surface area contributed by atoms with Gasteiger partial charge in [0.25, 0.3) is 5.91 Å². The fourth-order valence-corrected chi connectivity index (χ4v) is 5.03. The van der Waals surface area contributed by atoms with Crippen LogP contribution in [-0.2, 0) is 24.8 Å². The van der Waals surface area contributed by atoms with Gasteiger partial charge in [-0.15, -0.1) is 0 Å². The topological polar surface area (TPSA) is 122 Å². The van der Waals surface area contributed by atoms with E-state index in [1.165, 1.54) is 45.4 Å². The molecule has 1 saturated heterocycles. The lowest BCUT2D eigenvalue weighted by Gasteiger charge is -2.21. The lowest BCUT2D eigenvalue weighted by Crippen LogP contribution is -2.43. The Labute approximate surface area is 153 Å². The molecule has 1 amide bonds. The molecule has 0 saturated carbocycles. The van der Waals surface area contributed by atoms with Crippen LogP contribution in [0.4, 0.5) is 0 Å². The molecule has 1 aromatic rings. The van der Waals surface area contributed by atoms with Gasteiger partial charge in [0.05, 0.1) is 29.9 Å². The van der Waals surface area contributed by atoms with E-state index in [0.717, 1.165) is 4.31 Å². The van der Waals surface area contributed by atoms with Gasteiger partial charge in [-0.2, -0.15) is 0 Å². The molecule has 1 heterocycles. The van der Waals surface area contributed by atoms with Crippen molar-refractivity contribution < 1.29 is 26.4 Å². The van der Waals surface area contributed by atoms with Crippen LogP contribution in [0.25, 0.3) is 0 Å². The van der Waals surface area contributed by atoms with Crippen LogP contribution < -0.4 is 10.0 Å². The van der Waals surface area contributed by atoms with E-state index >= 15 is 0 Å². The molecule has 0 radical (unpaired) electrons. The summed E-state index contributed by atoms with van der Waals surface area (Å²) in [6.45, 7) is 0.237. The zero-order valence-electron chi connectivity index (χ0n) is 14.8. The number of nitrogens with one attached hydrogen (secondary N) is 2. The molecule has 146 valence electrons. The average Bonchev–Trinajstić information content (AvgIpc) is 2.99. The fraction of sp³-hybridized carbons (Fsp3) is 0.533. The first-order valence-corrected chi connectivity index (χ1v) is 11.0. The quantitative estimate of drug-likeness (QED) is 0.614. The molecule has 9 nitrogen and oxygen atoms in total. The average molecular weight is 405 g/mol. The van der Waals surface area contributed by atoms with Crippen molar-refractivity contribution in [3.8, 4) is 0 Å². The number of sulfonamides is 2. The SMILES string of the molecule is CNC(=O)c1cccc(S(=O)(=O)N[C@@H]2COC[C@H]2CS(=O)(=O)N(C)C)c1. The number of hydrogen-bond donors (Lipinski definition) is 2. The van der Waals surface area contributed by atoms with Crippen molar-refractivity contribution >= 4 is 26.0 Å². The molecule has 1 aromatic carbocycles. The Bertz CT molecular complexity index is 867. The maximum absolute atomic E-state index is 12.6. The van der Waals surface area contributed by atoms with E-state index in [-0.39, 0.29) is 29.4 Å². The highest BCUT2D eigenvalue weighted by molar-refractivity contribution is 7.89. The number of rotatable bonds is 7. The minimum absolute atomic E-state index is 0.0697. The second-order valence-electron chi connectivity index (χ2n) is 6.19. The van der Waals surface area contributed by atoms with Gasteiger partial charge in [-0.1, -0.05) is 6.07 Å². The molecule has 0 aliphatic carbocycles. The first kappa shape index (κ1) is 20.8. The van der Waals surface area contributed by atoms with Gasteiger partial charge in [0.1, 0.15) is 0 Å². The van der Waals surface area contributed by atoms with Gasteiger partial charge in [-0.3, -0.25) is 4.79 Å². The van der Waals surface area contributed by atoms with E-state index in [1.807, 2.05) is 0 Å². The van der Waals surface area contributed by atoms with Gasteiger partial charge in [0.15, 0.2) is 0 Å². The number of amides is 1. The highest BCUT2D eigenvalue weighted by Crippen LogP contribution is 2.20. The van der Waals surface area contributed by atoms with Gasteiger partial charge in [0.2, 0.25) is 20.0 Å². The minimum atomic E-state index is -3.94. The summed E-state index contributed by atoms with van der Waals surface area (Å²) in [6, 6.07) is 4.94. The molecule has 2 N–H and O–H groups in total. The summed E-state index contributed by atoms with van der Waals surface area (Å²) in [6.07, 6.45) is 0. The third kappa shape index (κ3) is 4.80. The van der Waals surface area contributed by atoms with E-state index in [2.05, 4.69) is 10.0 Å². The molecule has 0 spiro atoms. The third-order valence-corrected chi connectivity index (χ3v) is 7.57. The second kappa shape index (κ2) is 8.01. The Kier molecular flexibility index (Phi) is 6.40. The van der Waals surface area contributed by atoms with Crippen LogP contribution in [0.1, 0.15) is 10.4 Å². The van der Waals surface area contributed by atoms with Crippen molar-refractivity contribution in [3.05, 3.63) is 29.8 Å². The molecule has 11 heteroatoms. The van der Waals surface area contributed by atoms with Crippen molar-refractivity contribution in [3.63, 3.8) is 0 Å². The van der Waals surface area contributed by atoms with Crippen LogP contribution in [0.3, 0.4) is 0 Å². The van der Waals surface area contributed by atoms with Crippen molar-refractivity contribution in [2.24, 2.45) is 5.92 Å². The molecule has 1 fully saturated rings. The summed E-state index contributed by atoms with van der Waals surface area (Å²) in [5.41, 5.74) is 0.213. The predicted molar refractivity (Wildman–Crippen MR) is 95.7 cm³/mol. The Morgan fingerprint density at radius 2 is 1.92 bits per heavy atom. The third-order valence-electron chi connectivity index (χ3n) is 4.12. The summed E-state index contributed by atoms with van der Waals surface area (Å²) in [7, 11) is -3.12. The maximum atomic E-state index is 12.6. The Morgan fingerprint density at radius 1 is 1.23 bits per heavy atom. The Hall–Kier alpha value is -1.53. The van der Waals surface area contributed by atoms with Crippen molar-refractivity contribution in [2.75, 3.05) is 40.1 Å². The first-order chi connectivity index (χ1) is 12.1. The first-order valence-electron chi connectivity index (χ1n) is 7.89. The van der Waals surface area contributed by atoms with Gasteiger partial charge in [-0.25, -0.2) is 25.9 Å². The van der Waals surface area contributed by atoms with E-state index < -0.39 is 37.9 Å². The zero-order chi connectivity index (χ0) is 19.5. The lowest BCUT2D eigenvalue weighted by molar-refractivity contribution is 0.0963. The van der Waals surface area contributed by atoms with E-state index in [9.17, 15) is 21.6 Å². The number of ether oxygens (including phenoxy) is 1. The number of carbonyl (C=O) groups excluding carboxylic acids is 1. The predicted octanol–water partition coefficient (Wildman–Crippen LogP) is -0.769. The number of hydrogen-bond acceptors (Lipinski definition) is 6. The smallest absolute Gasteiger partial charge is 0.251 e. The number of carbonyl (C=O) groups is 1. The molecule has 0 unspecified atom stereocenters. The second-order valence-corrected chi connectivity index (χ2v) is 10.1. The molecule has 0 aromatic heterocycles. The van der Waals surface area contributed by atoms with Crippen molar-refractivity contribution in [2.45, 2.75) is 10.9 Å². The van der Waals surface area contributed by atoms with Crippen LogP contribution in [0.5, 0.6) is 0 Å². The molecule has 1 aliphatic rings. The van der Waals surface area contributed by atoms with E-state index in [1.54, 1.807) is 0 Å². The van der Waals surface area contributed by atoms with Crippen LogP contribution in [0.2, 0.25) is 0 Å². The molecular weight excluding hydrogens is 382 g/mol. The van der Waals surface area contributed by atoms with Crippen molar-refractivity contribution in [1.82, 2.24) is 14.3 Å². The minimum Gasteiger partial charge on any atom is -0.379 e. The molecule has 2 rings (SSSR count). The van der Waals surface area contributed by atoms with Crippen LogP contribution in [-0.4, -0.2) is 73.2 Å². The maximum Gasteiger partial charge on any atom is 0.251 e.